The molecule has 0 spiro atoms. The monoisotopic (exact) mass is 297 g/mol. The smallest absolute Gasteiger partial charge is 0.280 e. The fourth-order valence-corrected chi connectivity index (χ4v) is 2.01. The molecule has 0 saturated heterocycles. The van der Waals surface area contributed by atoms with Gasteiger partial charge in [-0.2, -0.15) is 0 Å². The van der Waals surface area contributed by atoms with Crippen LogP contribution in [0.3, 0.4) is 0 Å². The first kappa shape index (κ1) is 13.9. The van der Waals surface area contributed by atoms with E-state index in [4.69, 9.17) is 4.42 Å². The van der Waals surface area contributed by atoms with Gasteiger partial charge in [0.1, 0.15) is 12.1 Å². The van der Waals surface area contributed by atoms with Crippen molar-refractivity contribution in [3.05, 3.63) is 78.5 Å². The van der Waals surface area contributed by atoms with Gasteiger partial charge in [0, 0.05) is 11.9 Å². The highest BCUT2D eigenvalue weighted by atomic mass is 19.1. The molecule has 6 heteroatoms. The SMILES string of the molecule is O=C(c1cocn1)N(Cc1ccccn1)c1ccc(F)cc1. The summed E-state index contributed by atoms with van der Waals surface area (Å²) in [5.41, 5.74) is 1.45. The highest BCUT2D eigenvalue weighted by Crippen LogP contribution is 2.19. The van der Waals surface area contributed by atoms with Crippen molar-refractivity contribution < 1.29 is 13.6 Å². The number of rotatable bonds is 4. The van der Waals surface area contributed by atoms with E-state index in [1.54, 1.807) is 12.3 Å². The van der Waals surface area contributed by atoms with Crippen LogP contribution < -0.4 is 4.90 Å². The van der Waals surface area contributed by atoms with E-state index in [9.17, 15) is 9.18 Å². The van der Waals surface area contributed by atoms with Gasteiger partial charge in [-0.25, -0.2) is 9.37 Å². The van der Waals surface area contributed by atoms with Gasteiger partial charge < -0.3 is 9.32 Å². The molecule has 0 aliphatic heterocycles. The quantitative estimate of drug-likeness (QED) is 0.742. The van der Waals surface area contributed by atoms with Crippen LogP contribution in [0.25, 0.3) is 0 Å². The van der Waals surface area contributed by atoms with Gasteiger partial charge in [0.05, 0.1) is 12.2 Å². The first-order valence-electron chi connectivity index (χ1n) is 6.59. The van der Waals surface area contributed by atoms with Gasteiger partial charge in [0.15, 0.2) is 12.1 Å². The molecule has 0 saturated carbocycles. The van der Waals surface area contributed by atoms with E-state index in [2.05, 4.69) is 9.97 Å². The topological polar surface area (TPSA) is 59.2 Å². The van der Waals surface area contributed by atoms with Crippen LogP contribution in [0.1, 0.15) is 16.2 Å². The summed E-state index contributed by atoms with van der Waals surface area (Å²) in [5, 5.41) is 0. The summed E-state index contributed by atoms with van der Waals surface area (Å²) in [7, 11) is 0. The van der Waals surface area contributed by atoms with Crippen molar-refractivity contribution in [2.75, 3.05) is 4.90 Å². The van der Waals surface area contributed by atoms with Gasteiger partial charge >= 0.3 is 0 Å². The molecule has 3 aromatic rings. The Kier molecular flexibility index (Phi) is 3.91. The molecular weight excluding hydrogens is 285 g/mol. The molecule has 0 aliphatic carbocycles. The molecule has 0 fully saturated rings. The van der Waals surface area contributed by atoms with E-state index >= 15 is 0 Å². The van der Waals surface area contributed by atoms with Crippen LogP contribution in [0.5, 0.6) is 0 Å². The van der Waals surface area contributed by atoms with Gasteiger partial charge in [-0.15, -0.1) is 0 Å². The lowest BCUT2D eigenvalue weighted by Crippen LogP contribution is -2.31. The summed E-state index contributed by atoms with van der Waals surface area (Å²) >= 11 is 0. The fourth-order valence-electron chi connectivity index (χ4n) is 2.01. The molecule has 3 rings (SSSR count). The molecule has 0 radical (unpaired) electrons. The molecule has 2 heterocycles. The molecule has 22 heavy (non-hydrogen) atoms. The van der Waals surface area contributed by atoms with Crippen LogP contribution in [0.4, 0.5) is 10.1 Å². The molecule has 0 N–H and O–H groups in total. The third-order valence-corrected chi connectivity index (χ3v) is 3.08. The van der Waals surface area contributed by atoms with Crippen molar-refractivity contribution in [1.29, 1.82) is 0 Å². The van der Waals surface area contributed by atoms with Gasteiger partial charge in [0.2, 0.25) is 0 Å². The van der Waals surface area contributed by atoms with Gasteiger partial charge in [-0.05, 0) is 36.4 Å². The summed E-state index contributed by atoms with van der Waals surface area (Å²) in [6, 6.07) is 11.1. The lowest BCUT2D eigenvalue weighted by atomic mass is 10.2. The maximum absolute atomic E-state index is 13.1. The lowest BCUT2D eigenvalue weighted by molar-refractivity contribution is 0.0980. The predicted octanol–water partition coefficient (Wildman–Crippen LogP) is 3.06. The zero-order chi connectivity index (χ0) is 15.4. The van der Waals surface area contributed by atoms with E-state index in [0.717, 1.165) is 0 Å². The Balaban J connectivity index is 1.94. The average Bonchev–Trinajstić information content (AvgIpc) is 3.08. The Hall–Kier alpha value is -3.02. The molecule has 0 unspecified atom stereocenters. The van der Waals surface area contributed by atoms with Gasteiger partial charge in [-0.3, -0.25) is 9.78 Å². The number of halogens is 1. The van der Waals surface area contributed by atoms with E-state index in [1.807, 2.05) is 12.1 Å². The highest BCUT2D eigenvalue weighted by Gasteiger charge is 2.20. The number of anilines is 1. The van der Waals surface area contributed by atoms with Crippen molar-refractivity contribution in [1.82, 2.24) is 9.97 Å². The molecular formula is C16H12FN3O2. The van der Waals surface area contributed by atoms with Crippen LogP contribution in [0.15, 0.2) is 65.7 Å². The normalized spacial score (nSPS) is 10.4. The number of oxazole rings is 1. The molecule has 2 aromatic heterocycles. The summed E-state index contributed by atoms with van der Waals surface area (Å²) in [5.74, 6) is -0.707. The van der Waals surface area contributed by atoms with E-state index in [0.29, 0.717) is 11.4 Å². The molecule has 5 nitrogen and oxygen atoms in total. The number of pyridine rings is 1. The minimum Gasteiger partial charge on any atom is -0.451 e. The zero-order valence-corrected chi connectivity index (χ0v) is 11.5. The molecule has 1 amide bonds. The van der Waals surface area contributed by atoms with Crippen LogP contribution in [0.2, 0.25) is 0 Å². The largest absolute Gasteiger partial charge is 0.451 e. The van der Waals surface area contributed by atoms with Crippen LogP contribution in [-0.2, 0) is 6.54 Å². The number of hydrogen-bond acceptors (Lipinski definition) is 4. The van der Waals surface area contributed by atoms with Crippen molar-refractivity contribution in [3.8, 4) is 0 Å². The first-order chi connectivity index (χ1) is 10.7. The summed E-state index contributed by atoms with van der Waals surface area (Å²) in [6.07, 6.45) is 4.12. The third-order valence-electron chi connectivity index (χ3n) is 3.08. The fraction of sp³-hybridized carbons (Fsp3) is 0.0625. The Labute approximate surface area is 126 Å². The van der Waals surface area contributed by atoms with Crippen LogP contribution in [0, 0.1) is 5.82 Å². The van der Waals surface area contributed by atoms with Crippen molar-refractivity contribution >= 4 is 11.6 Å². The summed E-state index contributed by atoms with van der Waals surface area (Å²) in [6.45, 7) is 0.248. The second-order valence-corrected chi connectivity index (χ2v) is 4.56. The number of nitrogens with zero attached hydrogens (tertiary/aromatic N) is 3. The molecule has 0 atom stereocenters. The minimum absolute atomic E-state index is 0.181. The maximum atomic E-state index is 13.1. The number of benzene rings is 1. The van der Waals surface area contributed by atoms with Crippen molar-refractivity contribution in [3.63, 3.8) is 0 Å². The molecule has 0 aliphatic rings. The van der Waals surface area contributed by atoms with Crippen LogP contribution >= 0.6 is 0 Å². The van der Waals surface area contributed by atoms with Gasteiger partial charge in [-0.1, -0.05) is 6.07 Å². The Morgan fingerprint density at radius 3 is 2.59 bits per heavy atom. The number of carbonyl (C=O) groups is 1. The Bertz CT molecular complexity index is 743. The predicted molar refractivity (Wildman–Crippen MR) is 77.7 cm³/mol. The Morgan fingerprint density at radius 2 is 1.95 bits per heavy atom. The minimum atomic E-state index is -0.365. The van der Waals surface area contributed by atoms with Crippen molar-refractivity contribution in [2.24, 2.45) is 0 Å². The van der Waals surface area contributed by atoms with E-state index in [1.165, 1.54) is 41.8 Å². The van der Waals surface area contributed by atoms with Crippen LogP contribution in [-0.4, -0.2) is 15.9 Å². The number of amides is 1. The number of aromatic nitrogens is 2. The third kappa shape index (κ3) is 3.01. The molecule has 110 valence electrons. The van der Waals surface area contributed by atoms with E-state index < -0.39 is 0 Å². The molecule has 1 aromatic carbocycles. The molecule has 0 bridgehead atoms. The van der Waals surface area contributed by atoms with E-state index in [-0.39, 0.29) is 24.0 Å². The average molecular weight is 297 g/mol. The van der Waals surface area contributed by atoms with Gasteiger partial charge in [0.25, 0.3) is 5.91 Å². The first-order valence-corrected chi connectivity index (χ1v) is 6.59. The standard InChI is InChI=1S/C16H12FN3O2/c17-12-4-6-14(7-5-12)20(9-13-3-1-2-8-18-13)16(21)15-10-22-11-19-15/h1-8,10-11H,9H2. The number of hydrogen-bond donors (Lipinski definition) is 0. The maximum Gasteiger partial charge on any atom is 0.280 e. The second kappa shape index (κ2) is 6.17. The zero-order valence-electron chi connectivity index (χ0n) is 11.5. The number of carbonyl (C=O) groups excluding carboxylic acids is 1. The lowest BCUT2D eigenvalue weighted by Gasteiger charge is -2.21. The summed E-state index contributed by atoms with van der Waals surface area (Å²) < 4.78 is 18.0. The van der Waals surface area contributed by atoms with Crippen molar-refractivity contribution in [2.45, 2.75) is 6.54 Å². The Morgan fingerprint density at radius 1 is 1.14 bits per heavy atom. The second-order valence-electron chi connectivity index (χ2n) is 4.56. The highest BCUT2D eigenvalue weighted by molar-refractivity contribution is 6.04. The summed E-state index contributed by atoms with van der Waals surface area (Å²) in [4.78, 5) is 22.1.